The predicted molar refractivity (Wildman–Crippen MR) is 128 cm³/mol. The maximum atomic E-state index is 11.1. The molecule has 0 fully saturated rings. The second kappa shape index (κ2) is 12.7. The van der Waals surface area contributed by atoms with E-state index in [-0.39, 0.29) is 8.61 Å². The Morgan fingerprint density at radius 3 is 2.23 bits per heavy atom. The van der Waals surface area contributed by atoms with Crippen molar-refractivity contribution < 1.29 is 14.0 Å². The molecule has 3 rings (SSSR count). The first-order valence-electron chi connectivity index (χ1n) is 10.4. The fraction of sp³-hybridized carbons (Fsp3) is 0.280. The molecule has 0 aliphatic heterocycles. The third kappa shape index (κ3) is 7.39. The van der Waals surface area contributed by atoms with Crippen LogP contribution in [0.25, 0.3) is 0 Å². The van der Waals surface area contributed by atoms with Gasteiger partial charge in [-0.25, -0.2) is 15.2 Å². The smallest absolute Gasteiger partial charge is 0.297 e. The summed E-state index contributed by atoms with van der Waals surface area (Å²) in [6, 6.07) is 21.5. The van der Waals surface area contributed by atoms with Crippen LogP contribution in [0.3, 0.4) is 0 Å². The largest absolute Gasteiger partial charge is 0.489 e. The standard InChI is InChI=1S/C22H23N2O3P.C3H8/c1-16-7-6-10-21(24(23)28-25)20(16)15-27-22-12-11-19(13-17(22)2)26-14-18-8-4-3-5-9-18;1-3-2/h3-13H,14-15,23H2,1-2H3;3H2,1-2H3. The van der Waals surface area contributed by atoms with E-state index in [9.17, 15) is 4.57 Å². The second-order valence-corrected chi connectivity index (χ2v) is 7.79. The number of ether oxygens (including phenoxy) is 2. The Morgan fingerprint density at radius 2 is 1.58 bits per heavy atom. The molecule has 3 aromatic carbocycles. The molecule has 0 aliphatic carbocycles. The van der Waals surface area contributed by atoms with Crippen LogP contribution in [0.5, 0.6) is 11.5 Å². The average Bonchev–Trinajstić information content (AvgIpc) is 2.78. The van der Waals surface area contributed by atoms with Crippen molar-refractivity contribution in [2.45, 2.75) is 47.3 Å². The third-order valence-electron chi connectivity index (χ3n) is 4.49. The van der Waals surface area contributed by atoms with Gasteiger partial charge in [0, 0.05) is 5.56 Å². The third-order valence-corrected chi connectivity index (χ3v) is 4.88. The summed E-state index contributed by atoms with van der Waals surface area (Å²) in [6.07, 6.45) is 1.25. The van der Waals surface area contributed by atoms with Crippen LogP contribution in [0.2, 0.25) is 0 Å². The van der Waals surface area contributed by atoms with E-state index in [1.807, 2.05) is 80.6 Å². The number of aryl methyl sites for hydroxylation is 2. The molecule has 0 heterocycles. The minimum Gasteiger partial charge on any atom is -0.489 e. The van der Waals surface area contributed by atoms with E-state index >= 15 is 0 Å². The number of anilines is 1. The molecule has 0 radical (unpaired) electrons. The normalized spacial score (nSPS) is 10.2. The van der Waals surface area contributed by atoms with Crippen LogP contribution in [-0.2, 0) is 17.8 Å². The fourth-order valence-corrected chi connectivity index (χ4v) is 3.17. The van der Waals surface area contributed by atoms with E-state index in [4.69, 9.17) is 15.3 Å². The molecule has 0 bridgehead atoms. The molecule has 164 valence electrons. The lowest BCUT2D eigenvalue weighted by molar-refractivity contribution is 0.295. The number of nitrogens with two attached hydrogens (primary N) is 1. The van der Waals surface area contributed by atoms with E-state index in [1.54, 1.807) is 0 Å². The summed E-state index contributed by atoms with van der Waals surface area (Å²) in [5.41, 5.74) is 4.70. The molecule has 0 amide bonds. The van der Waals surface area contributed by atoms with Gasteiger partial charge in [0.2, 0.25) is 0 Å². The van der Waals surface area contributed by atoms with Gasteiger partial charge in [-0.15, -0.1) is 0 Å². The van der Waals surface area contributed by atoms with Crippen molar-refractivity contribution in [1.82, 2.24) is 0 Å². The minimum absolute atomic E-state index is 0.267. The van der Waals surface area contributed by atoms with Crippen LogP contribution in [0, 0.1) is 13.8 Å². The Kier molecular flexibility index (Phi) is 10.0. The monoisotopic (exact) mass is 438 g/mol. The topological polar surface area (TPSA) is 64.8 Å². The van der Waals surface area contributed by atoms with Crippen LogP contribution in [0.15, 0.2) is 66.7 Å². The number of nitrogens with zero attached hydrogens (tertiary/aromatic N) is 1. The first-order chi connectivity index (χ1) is 15.0. The highest BCUT2D eigenvalue weighted by molar-refractivity contribution is 7.25. The minimum atomic E-state index is -0.267. The van der Waals surface area contributed by atoms with Crippen molar-refractivity contribution in [3.63, 3.8) is 0 Å². The van der Waals surface area contributed by atoms with Crippen molar-refractivity contribution in [2.24, 2.45) is 5.84 Å². The van der Waals surface area contributed by atoms with Gasteiger partial charge in [0.1, 0.15) is 24.7 Å². The van der Waals surface area contributed by atoms with Gasteiger partial charge < -0.3 is 9.47 Å². The maximum absolute atomic E-state index is 11.1. The first kappa shape index (κ1) is 24.4. The summed E-state index contributed by atoms with van der Waals surface area (Å²) in [5.74, 6) is 7.36. The Balaban J connectivity index is 0.00000107. The lowest BCUT2D eigenvalue weighted by Crippen LogP contribution is -2.21. The number of rotatable bonds is 8. The van der Waals surface area contributed by atoms with Gasteiger partial charge in [0.15, 0.2) is 0 Å². The summed E-state index contributed by atoms with van der Waals surface area (Å²) >= 11 is 0. The highest BCUT2D eigenvalue weighted by Gasteiger charge is 2.12. The van der Waals surface area contributed by atoms with E-state index in [0.717, 1.165) is 33.8 Å². The van der Waals surface area contributed by atoms with Crippen LogP contribution >= 0.6 is 8.61 Å². The number of benzene rings is 3. The Bertz CT molecular complexity index is 964. The van der Waals surface area contributed by atoms with Crippen molar-refractivity contribution >= 4 is 14.3 Å². The summed E-state index contributed by atoms with van der Waals surface area (Å²) in [6.45, 7) is 9.06. The average molecular weight is 439 g/mol. The van der Waals surface area contributed by atoms with Crippen LogP contribution in [-0.4, -0.2) is 0 Å². The van der Waals surface area contributed by atoms with Crippen LogP contribution < -0.4 is 20.1 Å². The van der Waals surface area contributed by atoms with Crippen molar-refractivity contribution in [3.8, 4) is 11.5 Å². The van der Waals surface area contributed by atoms with Gasteiger partial charge >= 0.3 is 0 Å². The summed E-state index contributed by atoms with van der Waals surface area (Å²) in [4.78, 5) is 0. The van der Waals surface area contributed by atoms with Gasteiger partial charge in [-0.3, -0.25) is 0 Å². The lowest BCUT2D eigenvalue weighted by Gasteiger charge is -2.18. The van der Waals surface area contributed by atoms with E-state index in [0.29, 0.717) is 18.9 Å². The quantitative estimate of drug-likeness (QED) is 0.239. The summed E-state index contributed by atoms with van der Waals surface area (Å²) in [7, 11) is -0.267. The van der Waals surface area contributed by atoms with Gasteiger partial charge in [-0.05, 0) is 54.8 Å². The van der Waals surface area contributed by atoms with E-state index < -0.39 is 0 Å². The fourth-order valence-electron chi connectivity index (χ4n) is 2.90. The van der Waals surface area contributed by atoms with Gasteiger partial charge in [0.25, 0.3) is 8.61 Å². The Hall–Kier alpha value is -2.88. The lowest BCUT2D eigenvalue weighted by atomic mass is 10.1. The summed E-state index contributed by atoms with van der Waals surface area (Å²) < 4.78 is 24.2. The molecule has 2 N–H and O–H groups in total. The predicted octanol–water partition coefficient (Wildman–Crippen LogP) is 6.76. The molecule has 0 saturated carbocycles. The molecule has 0 aromatic heterocycles. The number of hydrogen-bond acceptors (Lipinski definition) is 4. The van der Waals surface area contributed by atoms with Crippen molar-refractivity contribution in [1.29, 1.82) is 0 Å². The molecule has 0 unspecified atom stereocenters. The highest BCUT2D eigenvalue weighted by Crippen LogP contribution is 2.29. The van der Waals surface area contributed by atoms with Gasteiger partial charge in [-0.1, -0.05) is 62.7 Å². The van der Waals surface area contributed by atoms with Gasteiger partial charge in [0.05, 0.1) is 5.69 Å². The molecule has 6 heteroatoms. The molecular weight excluding hydrogens is 407 g/mol. The molecule has 0 saturated heterocycles. The van der Waals surface area contributed by atoms with Crippen LogP contribution in [0.4, 0.5) is 5.69 Å². The number of hydrogen-bond donors (Lipinski definition) is 1. The number of hydrazine groups is 1. The molecule has 5 nitrogen and oxygen atoms in total. The SMILES string of the molecule is CCC.Cc1cc(OCc2ccccc2)ccc1OCc1c(C)cccc1N(N)P=O. The zero-order valence-electron chi connectivity index (χ0n) is 18.7. The van der Waals surface area contributed by atoms with E-state index in [2.05, 4.69) is 13.8 Å². The molecule has 0 aliphatic rings. The second-order valence-electron chi connectivity index (χ2n) is 7.20. The Labute approximate surface area is 187 Å². The zero-order valence-corrected chi connectivity index (χ0v) is 19.6. The first-order valence-corrected chi connectivity index (χ1v) is 11.1. The molecular formula is C25H31N2O3P. The van der Waals surface area contributed by atoms with Crippen molar-refractivity contribution in [3.05, 3.63) is 89.0 Å². The molecule has 0 spiro atoms. The maximum Gasteiger partial charge on any atom is 0.297 e. The molecule has 0 atom stereocenters. The zero-order chi connectivity index (χ0) is 22.6. The van der Waals surface area contributed by atoms with Gasteiger partial charge in [-0.2, -0.15) is 0 Å². The Morgan fingerprint density at radius 1 is 0.871 bits per heavy atom. The highest BCUT2D eigenvalue weighted by atomic mass is 31.1. The van der Waals surface area contributed by atoms with Crippen LogP contribution in [0.1, 0.15) is 42.5 Å². The van der Waals surface area contributed by atoms with Crippen molar-refractivity contribution in [2.75, 3.05) is 4.78 Å². The van der Waals surface area contributed by atoms with E-state index in [1.165, 1.54) is 11.2 Å². The molecule has 3 aromatic rings. The summed E-state index contributed by atoms with van der Waals surface area (Å²) in [5, 5.41) is 0. The molecule has 31 heavy (non-hydrogen) atoms.